The zero-order chi connectivity index (χ0) is 8.48. The Morgan fingerprint density at radius 1 is 1.27 bits per heavy atom. The lowest BCUT2D eigenvalue weighted by Gasteiger charge is -2.19. The molecule has 0 amide bonds. The van der Waals surface area contributed by atoms with Crippen LogP contribution in [0, 0.1) is 6.92 Å². The largest absolute Gasteiger partial charge is 0.479 e. The van der Waals surface area contributed by atoms with Crippen LogP contribution in [0.15, 0.2) is 12.1 Å². The van der Waals surface area contributed by atoms with Crippen molar-refractivity contribution in [3.05, 3.63) is 17.0 Å². The smallest absolute Gasteiger partial charge is 0.174 e. The van der Waals surface area contributed by atoms with Crippen LogP contribution >= 0.6 is 11.3 Å². The lowest BCUT2D eigenvalue weighted by atomic mass is 10.2. The highest BCUT2D eigenvalue weighted by molar-refractivity contribution is 7.13. The van der Waals surface area contributed by atoms with Crippen LogP contribution in [0.1, 0.15) is 25.6 Å². The standard InChI is InChI=1S/C9H14OS/c1-7-5-6-8(11-7)10-9(2,3)4/h5-6H,1-4H3. The van der Waals surface area contributed by atoms with Crippen LogP contribution in [0.25, 0.3) is 0 Å². The molecular formula is C9H14OS. The second-order valence-corrected chi connectivity index (χ2v) is 4.83. The van der Waals surface area contributed by atoms with Crippen LogP contribution in [0.2, 0.25) is 0 Å². The summed E-state index contributed by atoms with van der Waals surface area (Å²) in [5.74, 6) is 0. The van der Waals surface area contributed by atoms with Crippen molar-refractivity contribution in [2.45, 2.75) is 33.3 Å². The number of hydrogen-bond acceptors (Lipinski definition) is 2. The monoisotopic (exact) mass is 170 g/mol. The molecule has 0 atom stereocenters. The Morgan fingerprint density at radius 2 is 1.91 bits per heavy atom. The van der Waals surface area contributed by atoms with Gasteiger partial charge in [0.15, 0.2) is 5.06 Å². The van der Waals surface area contributed by atoms with Crippen LogP contribution in [-0.4, -0.2) is 5.60 Å². The van der Waals surface area contributed by atoms with E-state index in [2.05, 4.69) is 33.8 Å². The lowest BCUT2D eigenvalue weighted by molar-refractivity contribution is 0.136. The van der Waals surface area contributed by atoms with Gasteiger partial charge in [0, 0.05) is 4.88 Å². The van der Waals surface area contributed by atoms with Crippen LogP contribution in [0.4, 0.5) is 0 Å². The topological polar surface area (TPSA) is 9.23 Å². The Bertz CT molecular complexity index is 232. The Kier molecular flexibility index (Phi) is 2.23. The van der Waals surface area contributed by atoms with Gasteiger partial charge in [-0.15, -0.1) is 11.3 Å². The van der Waals surface area contributed by atoms with Crippen LogP contribution < -0.4 is 4.74 Å². The first-order valence-electron chi connectivity index (χ1n) is 3.73. The summed E-state index contributed by atoms with van der Waals surface area (Å²) in [6.07, 6.45) is 0. The highest BCUT2D eigenvalue weighted by atomic mass is 32.1. The van der Waals surface area contributed by atoms with E-state index in [-0.39, 0.29) is 5.60 Å². The van der Waals surface area contributed by atoms with Gasteiger partial charge in [-0.2, -0.15) is 0 Å². The average Bonchev–Trinajstić information content (AvgIpc) is 2.10. The number of thiophene rings is 1. The highest BCUT2D eigenvalue weighted by Crippen LogP contribution is 2.26. The molecule has 0 saturated carbocycles. The zero-order valence-corrected chi connectivity index (χ0v) is 8.29. The minimum atomic E-state index is -0.0721. The molecule has 62 valence electrons. The molecule has 1 rings (SSSR count). The molecule has 0 spiro atoms. The van der Waals surface area contributed by atoms with Gasteiger partial charge in [0.25, 0.3) is 0 Å². The predicted octanol–water partition coefficient (Wildman–Crippen LogP) is 3.23. The zero-order valence-electron chi connectivity index (χ0n) is 7.47. The second-order valence-electron chi connectivity index (χ2n) is 3.58. The molecule has 1 heterocycles. The van der Waals surface area contributed by atoms with Gasteiger partial charge >= 0.3 is 0 Å². The molecule has 0 saturated heterocycles. The summed E-state index contributed by atoms with van der Waals surface area (Å²) in [6.45, 7) is 8.26. The molecule has 1 nitrogen and oxygen atoms in total. The van der Waals surface area contributed by atoms with Gasteiger partial charge in [-0.3, -0.25) is 0 Å². The highest BCUT2D eigenvalue weighted by Gasteiger charge is 2.12. The van der Waals surface area contributed by atoms with Crippen molar-refractivity contribution in [2.75, 3.05) is 0 Å². The maximum Gasteiger partial charge on any atom is 0.174 e. The summed E-state index contributed by atoms with van der Waals surface area (Å²) in [5.41, 5.74) is -0.0721. The third-order valence-corrected chi connectivity index (χ3v) is 2.00. The van der Waals surface area contributed by atoms with Gasteiger partial charge in [-0.05, 0) is 39.8 Å². The first-order chi connectivity index (χ1) is 4.97. The fraction of sp³-hybridized carbons (Fsp3) is 0.556. The first-order valence-corrected chi connectivity index (χ1v) is 4.54. The molecular weight excluding hydrogens is 156 g/mol. The minimum Gasteiger partial charge on any atom is -0.479 e. The number of aryl methyl sites for hydroxylation is 1. The van der Waals surface area contributed by atoms with E-state index in [0.29, 0.717) is 0 Å². The van der Waals surface area contributed by atoms with E-state index in [1.807, 2.05) is 6.07 Å². The number of rotatable bonds is 1. The molecule has 0 radical (unpaired) electrons. The van der Waals surface area contributed by atoms with E-state index in [4.69, 9.17) is 4.74 Å². The van der Waals surface area contributed by atoms with E-state index in [0.717, 1.165) is 5.06 Å². The Labute approximate surface area is 72.0 Å². The molecule has 2 heteroatoms. The molecule has 0 aromatic carbocycles. The molecule has 0 aliphatic rings. The molecule has 0 aliphatic heterocycles. The van der Waals surface area contributed by atoms with E-state index in [1.54, 1.807) is 11.3 Å². The maximum absolute atomic E-state index is 5.64. The van der Waals surface area contributed by atoms with Gasteiger partial charge in [0.1, 0.15) is 5.60 Å². The number of ether oxygens (including phenoxy) is 1. The van der Waals surface area contributed by atoms with Gasteiger partial charge in [0.2, 0.25) is 0 Å². The number of hydrogen-bond donors (Lipinski definition) is 0. The Hall–Kier alpha value is -0.500. The first kappa shape index (κ1) is 8.60. The summed E-state index contributed by atoms with van der Waals surface area (Å²) in [5, 5.41) is 1.01. The summed E-state index contributed by atoms with van der Waals surface area (Å²) in [7, 11) is 0. The summed E-state index contributed by atoms with van der Waals surface area (Å²) in [6, 6.07) is 4.09. The van der Waals surface area contributed by atoms with Crippen molar-refractivity contribution in [1.82, 2.24) is 0 Å². The second kappa shape index (κ2) is 2.86. The van der Waals surface area contributed by atoms with Crippen molar-refractivity contribution < 1.29 is 4.74 Å². The molecule has 0 N–H and O–H groups in total. The third-order valence-electron chi connectivity index (χ3n) is 1.12. The Balaban J connectivity index is 2.65. The van der Waals surface area contributed by atoms with Gasteiger partial charge < -0.3 is 4.74 Å². The van der Waals surface area contributed by atoms with E-state index in [9.17, 15) is 0 Å². The molecule has 0 fully saturated rings. The molecule has 1 aromatic heterocycles. The van der Waals surface area contributed by atoms with Crippen molar-refractivity contribution in [1.29, 1.82) is 0 Å². The Morgan fingerprint density at radius 3 is 2.27 bits per heavy atom. The molecule has 11 heavy (non-hydrogen) atoms. The SMILES string of the molecule is Cc1ccc(OC(C)(C)C)s1. The van der Waals surface area contributed by atoms with Crippen molar-refractivity contribution in [2.24, 2.45) is 0 Å². The molecule has 0 unspecified atom stereocenters. The fourth-order valence-corrected chi connectivity index (χ4v) is 1.65. The van der Waals surface area contributed by atoms with Crippen LogP contribution in [-0.2, 0) is 0 Å². The van der Waals surface area contributed by atoms with E-state index >= 15 is 0 Å². The van der Waals surface area contributed by atoms with Crippen molar-refractivity contribution in [3.8, 4) is 5.06 Å². The fourth-order valence-electron chi connectivity index (χ4n) is 0.769. The van der Waals surface area contributed by atoms with Crippen LogP contribution in [0.5, 0.6) is 5.06 Å². The summed E-state index contributed by atoms with van der Waals surface area (Å²) >= 11 is 1.69. The van der Waals surface area contributed by atoms with Crippen molar-refractivity contribution >= 4 is 11.3 Å². The van der Waals surface area contributed by atoms with Gasteiger partial charge in [0.05, 0.1) is 0 Å². The normalized spacial score (nSPS) is 11.6. The maximum atomic E-state index is 5.64. The quantitative estimate of drug-likeness (QED) is 0.628. The molecule has 0 bridgehead atoms. The average molecular weight is 170 g/mol. The van der Waals surface area contributed by atoms with Crippen LogP contribution in [0.3, 0.4) is 0 Å². The minimum absolute atomic E-state index is 0.0721. The summed E-state index contributed by atoms with van der Waals surface area (Å²) in [4.78, 5) is 1.30. The predicted molar refractivity (Wildman–Crippen MR) is 49.4 cm³/mol. The van der Waals surface area contributed by atoms with E-state index in [1.165, 1.54) is 4.88 Å². The van der Waals surface area contributed by atoms with Gasteiger partial charge in [-0.1, -0.05) is 0 Å². The van der Waals surface area contributed by atoms with Gasteiger partial charge in [-0.25, -0.2) is 0 Å². The molecule has 1 aromatic rings. The van der Waals surface area contributed by atoms with Crippen molar-refractivity contribution in [3.63, 3.8) is 0 Å². The third kappa shape index (κ3) is 2.93. The van der Waals surface area contributed by atoms with E-state index < -0.39 is 0 Å². The molecule has 0 aliphatic carbocycles. The summed E-state index contributed by atoms with van der Waals surface area (Å²) < 4.78 is 5.64. The lowest BCUT2D eigenvalue weighted by Crippen LogP contribution is -2.22.